The van der Waals surface area contributed by atoms with Crippen molar-refractivity contribution in [2.75, 3.05) is 6.54 Å². The molecule has 0 aliphatic heterocycles. The maximum atomic E-state index is 11.3. The van der Waals surface area contributed by atoms with Crippen LogP contribution in [0.15, 0.2) is 24.3 Å². The molecule has 1 atom stereocenters. The molecule has 1 aromatic rings. The Bertz CT molecular complexity index is 336. The first-order valence-corrected chi connectivity index (χ1v) is 4.81. The highest BCUT2D eigenvalue weighted by Crippen LogP contribution is 2.15. The van der Waals surface area contributed by atoms with Crippen LogP contribution < -0.4 is 5.32 Å². The van der Waals surface area contributed by atoms with Crippen LogP contribution in [0.4, 0.5) is 0 Å². The monoisotopic (exact) mass is 209 g/mol. The number of phenolic OH excluding ortho intramolecular Hbond substituents is 1. The van der Waals surface area contributed by atoms with Crippen LogP contribution in [-0.2, 0) is 11.2 Å². The molecule has 1 unspecified atom stereocenters. The number of carbonyl (C=O) groups excluding carboxylic acids is 1. The van der Waals surface area contributed by atoms with Gasteiger partial charge in [-0.05, 0) is 13.0 Å². The van der Waals surface area contributed by atoms with E-state index < -0.39 is 6.10 Å². The molecular formula is C11H15NO3. The molecule has 1 rings (SSSR count). The molecule has 4 heteroatoms. The molecule has 0 heterocycles. The summed E-state index contributed by atoms with van der Waals surface area (Å²) in [5.74, 6) is -0.0953. The number of rotatable bonds is 4. The molecule has 0 aliphatic rings. The van der Waals surface area contributed by atoms with Crippen LogP contribution in [0.25, 0.3) is 0 Å². The van der Waals surface area contributed by atoms with Crippen molar-refractivity contribution in [1.29, 1.82) is 0 Å². The molecule has 15 heavy (non-hydrogen) atoms. The number of hydrogen-bond acceptors (Lipinski definition) is 3. The first-order valence-electron chi connectivity index (χ1n) is 4.81. The van der Waals surface area contributed by atoms with Gasteiger partial charge in [0.05, 0.1) is 12.5 Å². The predicted octanol–water partition coefficient (Wildman–Crippen LogP) is 0.432. The standard InChI is InChI=1S/C11H15NO3/c1-8(13)7-12-11(15)6-9-4-2-3-5-10(9)14/h2-5,8,13-14H,6-7H2,1H3,(H,12,15). The van der Waals surface area contributed by atoms with E-state index >= 15 is 0 Å². The molecule has 82 valence electrons. The quantitative estimate of drug-likeness (QED) is 0.673. The molecule has 0 bridgehead atoms. The van der Waals surface area contributed by atoms with E-state index in [9.17, 15) is 9.90 Å². The summed E-state index contributed by atoms with van der Waals surface area (Å²) in [6.07, 6.45) is -0.433. The minimum Gasteiger partial charge on any atom is -0.508 e. The van der Waals surface area contributed by atoms with Crippen LogP contribution in [0.3, 0.4) is 0 Å². The van der Waals surface area contributed by atoms with Crippen molar-refractivity contribution in [2.45, 2.75) is 19.4 Å². The number of hydrogen-bond donors (Lipinski definition) is 3. The Morgan fingerprint density at radius 2 is 2.13 bits per heavy atom. The Labute approximate surface area is 88.6 Å². The number of aliphatic hydroxyl groups excluding tert-OH is 1. The molecule has 4 nitrogen and oxygen atoms in total. The van der Waals surface area contributed by atoms with E-state index in [0.29, 0.717) is 5.56 Å². The average molecular weight is 209 g/mol. The summed E-state index contributed by atoms with van der Waals surface area (Å²) in [6, 6.07) is 6.69. The van der Waals surface area contributed by atoms with E-state index in [1.807, 2.05) is 0 Å². The third-order valence-corrected chi connectivity index (χ3v) is 1.94. The van der Waals surface area contributed by atoms with Gasteiger partial charge in [-0.2, -0.15) is 0 Å². The second-order valence-electron chi connectivity index (χ2n) is 3.46. The zero-order valence-corrected chi connectivity index (χ0v) is 8.60. The highest BCUT2D eigenvalue weighted by molar-refractivity contribution is 5.79. The maximum Gasteiger partial charge on any atom is 0.224 e. The van der Waals surface area contributed by atoms with Gasteiger partial charge in [0.15, 0.2) is 0 Å². The Morgan fingerprint density at radius 3 is 2.73 bits per heavy atom. The number of benzene rings is 1. The van der Waals surface area contributed by atoms with Crippen molar-refractivity contribution >= 4 is 5.91 Å². The molecule has 3 N–H and O–H groups in total. The number of amides is 1. The lowest BCUT2D eigenvalue weighted by Gasteiger charge is -2.07. The molecule has 0 radical (unpaired) electrons. The molecule has 0 spiro atoms. The number of phenols is 1. The van der Waals surface area contributed by atoms with Gasteiger partial charge in [-0.15, -0.1) is 0 Å². The van der Waals surface area contributed by atoms with Gasteiger partial charge in [0.25, 0.3) is 0 Å². The summed E-state index contributed by atoms with van der Waals surface area (Å²) in [5, 5.41) is 20.9. The first-order chi connectivity index (χ1) is 7.09. The number of nitrogens with one attached hydrogen (secondary N) is 1. The average Bonchev–Trinajstić information content (AvgIpc) is 2.18. The van der Waals surface area contributed by atoms with Gasteiger partial charge in [0.2, 0.25) is 5.91 Å². The van der Waals surface area contributed by atoms with Gasteiger partial charge in [0.1, 0.15) is 5.75 Å². The minimum absolute atomic E-state index is 0.115. The third-order valence-electron chi connectivity index (χ3n) is 1.94. The number of para-hydroxylation sites is 1. The van der Waals surface area contributed by atoms with E-state index in [-0.39, 0.29) is 24.6 Å². The summed E-state index contributed by atoms with van der Waals surface area (Å²) in [7, 11) is 0. The minimum atomic E-state index is -0.557. The van der Waals surface area contributed by atoms with Gasteiger partial charge < -0.3 is 15.5 Å². The Balaban J connectivity index is 2.48. The SMILES string of the molecule is CC(O)CNC(=O)Cc1ccccc1O. The van der Waals surface area contributed by atoms with E-state index in [2.05, 4.69) is 5.32 Å². The van der Waals surface area contributed by atoms with Crippen LogP contribution in [0.1, 0.15) is 12.5 Å². The maximum absolute atomic E-state index is 11.3. The van der Waals surface area contributed by atoms with Crippen molar-refractivity contribution in [3.05, 3.63) is 29.8 Å². The largest absolute Gasteiger partial charge is 0.508 e. The van der Waals surface area contributed by atoms with Gasteiger partial charge in [-0.1, -0.05) is 18.2 Å². The van der Waals surface area contributed by atoms with E-state index in [1.54, 1.807) is 25.1 Å². The van der Waals surface area contributed by atoms with Gasteiger partial charge in [0, 0.05) is 12.1 Å². The smallest absolute Gasteiger partial charge is 0.224 e. The third kappa shape index (κ3) is 3.99. The molecule has 1 amide bonds. The van der Waals surface area contributed by atoms with Crippen molar-refractivity contribution < 1.29 is 15.0 Å². The topological polar surface area (TPSA) is 69.6 Å². The molecule has 0 saturated heterocycles. The van der Waals surface area contributed by atoms with Crippen molar-refractivity contribution in [3.63, 3.8) is 0 Å². The fourth-order valence-corrected chi connectivity index (χ4v) is 1.16. The molecule has 0 saturated carbocycles. The lowest BCUT2D eigenvalue weighted by atomic mass is 10.1. The number of aromatic hydroxyl groups is 1. The first kappa shape index (κ1) is 11.5. The summed E-state index contributed by atoms with van der Waals surface area (Å²) in [6.45, 7) is 1.83. The Hall–Kier alpha value is -1.55. The molecule has 0 aromatic heterocycles. The van der Waals surface area contributed by atoms with E-state index in [0.717, 1.165) is 0 Å². The van der Waals surface area contributed by atoms with Crippen LogP contribution in [0, 0.1) is 0 Å². The summed E-state index contributed by atoms with van der Waals surface area (Å²) in [5.41, 5.74) is 0.584. The highest BCUT2D eigenvalue weighted by Gasteiger charge is 2.07. The molecule has 1 aromatic carbocycles. The number of aliphatic hydroxyl groups is 1. The van der Waals surface area contributed by atoms with Crippen LogP contribution >= 0.6 is 0 Å². The van der Waals surface area contributed by atoms with Crippen LogP contribution in [0.2, 0.25) is 0 Å². The second-order valence-corrected chi connectivity index (χ2v) is 3.46. The van der Waals surface area contributed by atoms with Crippen molar-refractivity contribution in [2.24, 2.45) is 0 Å². The Kier molecular flexibility index (Phi) is 4.12. The fraction of sp³-hybridized carbons (Fsp3) is 0.364. The van der Waals surface area contributed by atoms with E-state index in [1.165, 1.54) is 6.07 Å². The second kappa shape index (κ2) is 5.36. The van der Waals surface area contributed by atoms with Crippen molar-refractivity contribution in [1.82, 2.24) is 5.32 Å². The fourth-order valence-electron chi connectivity index (χ4n) is 1.16. The van der Waals surface area contributed by atoms with Crippen LogP contribution in [0.5, 0.6) is 5.75 Å². The van der Waals surface area contributed by atoms with Crippen molar-refractivity contribution in [3.8, 4) is 5.75 Å². The predicted molar refractivity (Wildman–Crippen MR) is 56.5 cm³/mol. The zero-order valence-electron chi connectivity index (χ0n) is 8.60. The van der Waals surface area contributed by atoms with Gasteiger partial charge >= 0.3 is 0 Å². The zero-order chi connectivity index (χ0) is 11.3. The van der Waals surface area contributed by atoms with Crippen LogP contribution in [-0.4, -0.2) is 28.8 Å². The Morgan fingerprint density at radius 1 is 1.47 bits per heavy atom. The van der Waals surface area contributed by atoms with Gasteiger partial charge in [-0.3, -0.25) is 4.79 Å². The highest BCUT2D eigenvalue weighted by atomic mass is 16.3. The van der Waals surface area contributed by atoms with Gasteiger partial charge in [-0.25, -0.2) is 0 Å². The van der Waals surface area contributed by atoms with E-state index in [4.69, 9.17) is 5.11 Å². The molecule has 0 aliphatic carbocycles. The summed E-state index contributed by atoms with van der Waals surface area (Å²) >= 11 is 0. The normalized spacial score (nSPS) is 12.1. The lowest BCUT2D eigenvalue weighted by Crippen LogP contribution is -2.31. The molecule has 0 fully saturated rings. The summed E-state index contributed by atoms with van der Waals surface area (Å²) in [4.78, 5) is 11.3. The number of carbonyl (C=O) groups is 1. The molecular weight excluding hydrogens is 194 g/mol. The lowest BCUT2D eigenvalue weighted by molar-refractivity contribution is -0.120. The summed E-state index contributed by atoms with van der Waals surface area (Å²) < 4.78 is 0.